The minimum Gasteiger partial charge on any atom is -0.347 e. The molecule has 0 atom stereocenters. The Hall–Kier alpha value is -0.380. The average molecular weight is 196 g/mol. The number of fused-ring (bicyclic) bond motifs is 1. The molecule has 13 heavy (non-hydrogen) atoms. The second kappa shape index (κ2) is 2.80. The van der Waals surface area contributed by atoms with E-state index in [-0.39, 0.29) is 5.79 Å². The molecule has 3 rings (SSSR count). The summed E-state index contributed by atoms with van der Waals surface area (Å²) < 4.78 is 11.4. The first-order chi connectivity index (χ1) is 6.38. The van der Waals surface area contributed by atoms with Gasteiger partial charge in [-0.3, -0.25) is 0 Å². The minimum atomic E-state index is -0.256. The smallest absolute Gasteiger partial charge is 0.172 e. The zero-order valence-corrected chi connectivity index (χ0v) is 8.23. The molecule has 1 aliphatic heterocycles. The van der Waals surface area contributed by atoms with Crippen LogP contribution >= 0.6 is 11.3 Å². The van der Waals surface area contributed by atoms with Crippen LogP contribution in [0.3, 0.4) is 0 Å². The fourth-order valence-corrected chi connectivity index (χ4v) is 3.07. The predicted molar refractivity (Wildman–Crippen MR) is 51.0 cm³/mol. The molecular weight excluding hydrogens is 184 g/mol. The quantitative estimate of drug-likeness (QED) is 0.631. The van der Waals surface area contributed by atoms with Crippen LogP contribution in [0, 0.1) is 0 Å². The first-order valence-electron chi connectivity index (χ1n) is 4.70. The Morgan fingerprint density at radius 3 is 2.77 bits per heavy atom. The monoisotopic (exact) mass is 196 g/mol. The molecule has 1 spiro atoms. The van der Waals surface area contributed by atoms with Crippen LogP contribution in [-0.2, 0) is 22.3 Å². The molecule has 0 saturated carbocycles. The lowest BCUT2D eigenvalue weighted by Crippen LogP contribution is -2.36. The summed E-state index contributed by atoms with van der Waals surface area (Å²) in [4.78, 5) is 0. The Morgan fingerprint density at radius 2 is 1.92 bits per heavy atom. The van der Waals surface area contributed by atoms with Crippen molar-refractivity contribution in [3.05, 3.63) is 21.9 Å². The van der Waals surface area contributed by atoms with E-state index in [0.717, 1.165) is 32.5 Å². The molecule has 0 aromatic carbocycles. The summed E-state index contributed by atoms with van der Waals surface area (Å²) in [5.74, 6) is -0.256. The van der Waals surface area contributed by atoms with Crippen LogP contribution in [0.5, 0.6) is 0 Å². The van der Waals surface area contributed by atoms with Crippen LogP contribution in [0.2, 0.25) is 0 Å². The van der Waals surface area contributed by atoms with Gasteiger partial charge >= 0.3 is 0 Å². The summed E-state index contributed by atoms with van der Waals surface area (Å²) in [7, 11) is 0. The lowest BCUT2D eigenvalue weighted by atomic mass is 9.90. The summed E-state index contributed by atoms with van der Waals surface area (Å²) in [6.45, 7) is 1.53. The van der Waals surface area contributed by atoms with E-state index >= 15 is 0 Å². The number of thiophene rings is 1. The van der Waals surface area contributed by atoms with Gasteiger partial charge < -0.3 is 9.47 Å². The minimum absolute atomic E-state index is 0.256. The lowest BCUT2D eigenvalue weighted by molar-refractivity contribution is -0.163. The van der Waals surface area contributed by atoms with E-state index in [2.05, 4.69) is 10.8 Å². The van der Waals surface area contributed by atoms with Gasteiger partial charge in [-0.25, -0.2) is 0 Å². The Labute approximate surface area is 81.5 Å². The normalized spacial score (nSPS) is 24.9. The van der Waals surface area contributed by atoms with Gasteiger partial charge in [0.2, 0.25) is 0 Å². The summed E-state index contributed by atoms with van der Waals surface area (Å²) in [6.07, 6.45) is 3.08. The molecule has 1 fully saturated rings. The van der Waals surface area contributed by atoms with E-state index in [9.17, 15) is 0 Å². The SMILES string of the molecule is c1scc2c1CCC1(C2)OCCO1. The highest BCUT2D eigenvalue weighted by atomic mass is 32.1. The van der Waals surface area contributed by atoms with Crippen LogP contribution in [-0.4, -0.2) is 19.0 Å². The third-order valence-corrected chi connectivity index (χ3v) is 3.72. The molecule has 0 bridgehead atoms. The van der Waals surface area contributed by atoms with E-state index in [1.54, 1.807) is 11.3 Å². The number of ether oxygens (including phenoxy) is 2. The zero-order chi connectivity index (χ0) is 8.73. The standard InChI is InChI=1S/C10H12O2S/c1-2-10(11-3-4-12-10)5-9-7-13-6-8(1)9/h6-7H,1-5H2. The molecule has 0 N–H and O–H groups in total. The molecule has 3 heteroatoms. The van der Waals surface area contributed by atoms with Crippen molar-refractivity contribution >= 4 is 11.3 Å². The van der Waals surface area contributed by atoms with Gasteiger partial charge in [0.1, 0.15) is 0 Å². The van der Waals surface area contributed by atoms with Gasteiger partial charge in [-0.1, -0.05) is 0 Å². The molecule has 70 valence electrons. The predicted octanol–water partition coefficient (Wildman–Crippen LogP) is 1.98. The molecule has 0 radical (unpaired) electrons. The Bertz CT molecular complexity index is 312. The van der Waals surface area contributed by atoms with Gasteiger partial charge in [0.05, 0.1) is 13.2 Å². The zero-order valence-electron chi connectivity index (χ0n) is 7.41. The summed E-state index contributed by atoms with van der Waals surface area (Å²) in [5, 5.41) is 4.47. The van der Waals surface area contributed by atoms with Gasteiger partial charge in [0.25, 0.3) is 0 Å². The molecule has 1 aliphatic carbocycles. The third kappa shape index (κ3) is 1.23. The Kier molecular flexibility index (Phi) is 1.72. The molecule has 2 nitrogen and oxygen atoms in total. The second-order valence-corrected chi connectivity index (χ2v) is 4.45. The average Bonchev–Trinajstić information content (AvgIpc) is 2.74. The fraction of sp³-hybridized carbons (Fsp3) is 0.600. The van der Waals surface area contributed by atoms with E-state index in [4.69, 9.17) is 9.47 Å². The van der Waals surface area contributed by atoms with E-state index in [1.807, 2.05) is 0 Å². The number of rotatable bonds is 0. The highest BCUT2D eigenvalue weighted by Crippen LogP contribution is 2.36. The molecule has 0 amide bonds. The van der Waals surface area contributed by atoms with Gasteiger partial charge in [-0.15, -0.1) is 0 Å². The fourth-order valence-electron chi connectivity index (χ4n) is 2.17. The van der Waals surface area contributed by atoms with Crippen LogP contribution in [0.15, 0.2) is 10.8 Å². The van der Waals surface area contributed by atoms with E-state index < -0.39 is 0 Å². The van der Waals surface area contributed by atoms with E-state index in [1.165, 1.54) is 11.1 Å². The van der Waals surface area contributed by atoms with Crippen molar-refractivity contribution < 1.29 is 9.47 Å². The highest BCUT2D eigenvalue weighted by Gasteiger charge is 2.39. The number of hydrogen-bond donors (Lipinski definition) is 0. The van der Waals surface area contributed by atoms with Gasteiger partial charge in [0, 0.05) is 12.8 Å². The topological polar surface area (TPSA) is 18.5 Å². The van der Waals surface area contributed by atoms with Gasteiger partial charge in [0.15, 0.2) is 5.79 Å². The largest absolute Gasteiger partial charge is 0.347 e. The third-order valence-electron chi connectivity index (χ3n) is 2.88. The van der Waals surface area contributed by atoms with Crippen LogP contribution in [0.25, 0.3) is 0 Å². The number of aryl methyl sites for hydroxylation is 1. The first-order valence-corrected chi connectivity index (χ1v) is 5.64. The second-order valence-electron chi connectivity index (χ2n) is 3.71. The van der Waals surface area contributed by atoms with Crippen molar-refractivity contribution in [3.8, 4) is 0 Å². The highest BCUT2D eigenvalue weighted by molar-refractivity contribution is 7.08. The molecule has 1 aromatic heterocycles. The molecule has 2 aliphatic rings. The Balaban J connectivity index is 1.91. The Morgan fingerprint density at radius 1 is 1.15 bits per heavy atom. The first kappa shape index (κ1) is 7.97. The maximum atomic E-state index is 5.69. The molecule has 2 heterocycles. The molecular formula is C10H12O2S. The van der Waals surface area contributed by atoms with Crippen LogP contribution in [0.4, 0.5) is 0 Å². The van der Waals surface area contributed by atoms with Crippen molar-refractivity contribution in [2.45, 2.75) is 25.0 Å². The molecule has 1 aromatic rings. The van der Waals surface area contributed by atoms with Crippen molar-refractivity contribution in [1.82, 2.24) is 0 Å². The van der Waals surface area contributed by atoms with Crippen LogP contribution in [0.1, 0.15) is 17.5 Å². The summed E-state index contributed by atoms with van der Waals surface area (Å²) >= 11 is 1.79. The van der Waals surface area contributed by atoms with Crippen LogP contribution < -0.4 is 0 Å². The molecule has 0 unspecified atom stereocenters. The maximum Gasteiger partial charge on any atom is 0.172 e. The lowest BCUT2D eigenvalue weighted by Gasteiger charge is -2.31. The van der Waals surface area contributed by atoms with Crippen molar-refractivity contribution in [1.29, 1.82) is 0 Å². The van der Waals surface area contributed by atoms with Crippen molar-refractivity contribution in [2.24, 2.45) is 0 Å². The number of hydrogen-bond acceptors (Lipinski definition) is 3. The summed E-state index contributed by atoms with van der Waals surface area (Å²) in [5.41, 5.74) is 2.92. The van der Waals surface area contributed by atoms with Crippen molar-refractivity contribution in [2.75, 3.05) is 13.2 Å². The van der Waals surface area contributed by atoms with E-state index in [0.29, 0.717) is 0 Å². The van der Waals surface area contributed by atoms with Gasteiger partial charge in [-0.2, -0.15) is 11.3 Å². The van der Waals surface area contributed by atoms with Gasteiger partial charge in [-0.05, 0) is 28.3 Å². The molecule has 1 saturated heterocycles. The maximum absolute atomic E-state index is 5.69. The van der Waals surface area contributed by atoms with Crippen molar-refractivity contribution in [3.63, 3.8) is 0 Å². The summed E-state index contributed by atoms with van der Waals surface area (Å²) in [6, 6.07) is 0.